The van der Waals surface area contributed by atoms with Crippen molar-refractivity contribution in [1.29, 1.82) is 0 Å². The van der Waals surface area contributed by atoms with Crippen LogP contribution in [0.3, 0.4) is 0 Å². The summed E-state index contributed by atoms with van der Waals surface area (Å²) < 4.78 is 26.1. The van der Waals surface area contributed by atoms with Gasteiger partial charge in [0.15, 0.2) is 0 Å². The maximum absolute atomic E-state index is 13.3. The van der Waals surface area contributed by atoms with Crippen molar-refractivity contribution in [3.8, 4) is 0 Å². The number of nitrogens with one attached hydrogen (secondary N) is 2. The summed E-state index contributed by atoms with van der Waals surface area (Å²) in [5.41, 5.74) is -0.236. The Morgan fingerprint density at radius 3 is 2.43 bits per heavy atom. The van der Waals surface area contributed by atoms with Crippen LogP contribution in [-0.2, 0) is 9.59 Å². The van der Waals surface area contributed by atoms with Crippen LogP contribution in [0, 0.1) is 11.6 Å². The molecule has 0 saturated heterocycles. The molecule has 0 aliphatic carbocycles. The summed E-state index contributed by atoms with van der Waals surface area (Å²) in [4.78, 5) is 23.1. The first kappa shape index (κ1) is 17.4. The molecular formula is C14H18F2N2O2S. The molecule has 1 rings (SSSR count). The zero-order valence-corrected chi connectivity index (χ0v) is 12.9. The van der Waals surface area contributed by atoms with Crippen LogP contribution in [0.2, 0.25) is 0 Å². The van der Waals surface area contributed by atoms with Crippen LogP contribution in [0.1, 0.15) is 20.8 Å². The van der Waals surface area contributed by atoms with Gasteiger partial charge in [0.2, 0.25) is 0 Å². The van der Waals surface area contributed by atoms with Crippen LogP contribution >= 0.6 is 11.8 Å². The number of anilines is 1. The number of carbonyl (C=O) groups is 2. The lowest BCUT2D eigenvalue weighted by atomic mass is 10.3. The van der Waals surface area contributed by atoms with Crippen molar-refractivity contribution in [1.82, 2.24) is 5.32 Å². The van der Waals surface area contributed by atoms with Gasteiger partial charge in [-0.15, -0.1) is 0 Å². The van der Waals surface area contributed by atoms with E-state index in [1.807, 2.05) is 20.8 Å². The largest absolute Gasteiger partial charge is 0.347 e. The lowest BCUT2D eigenvalue weighted by molar-refractivity contribution is -0.136. The van der Waals surface area contributed by atoms with Crippen molar-refractivity contribution < 1.29 is 18.4 Å². The van der Waals surface area contributed by atoms with E-state index in [9.17, 15) is 18.4 Å². The molecule has 0 spiro atoms. The third kappa shape index (κ3) is 6.57. The number of thioether (sulfide) groups is 1. The summed E-state index contributed by atoms with van der Waals surface area (Å²) in [5, 5.41) is 4.53. The highest BCUT2D eigenvalue weighted by Gasteiger charge is 2.16. The molecule has 2 N–H and O–H groups in total. The average Bonchev–Trinajstić information content (AvgIpc) is 2.36. The Morgan fingerprint density at radius 1 is 1.19 bits per heavy atom. The quantitative estimate of drug-likeness (QED) is 0.663. The van der Waals surface area contributed by atoms with Crippen LogP contribution in [0.4, 0.5) is 14.5 Å². The molecule has 0 fully saturated rings. The highest BCUT2D eigenvalue weighted by molar-refractivity contribution is 8.00. The van der Waals surface area contributed by atoms with Gasteiger partial charge in [0.1, 0.15) is 11.6 Å². The van der Waals surface area contributed by atoms with E-state index in [0.29, 0.717) is 18.4 Å². The lowest BCUT2D eigenvalue weighted by Crippen LogP contribution is -2.37. The van der Waals surface area contributed by atoms with Gasteiger partial charge in [-0.2, -0.15) is 11.8 Å². The van der Waals surface area contributed by atoms with Crippen LogP contribution in [0.25, 0.3) is 0 Å². The fraction of sp³-hybridized carbons (Fsp3) is 0.429. The van der Waals surface area contributed by atoms with Crippen LogP contribution in [-0.4, -0.2) is 28.9 Å². The molecule has 0 unspecified atom stereocenters. The minimum atomic E-state index is -0.985. The number of halogens is 2. The van der Waals surface area contributed by atoms with E-state index < -0.39 is 23.4 Å². The average molecular weight is 316 g/mol. The molecule has 1 aromatic rings. The van der Waals surface area contributed by atoms with Gasteiger partial charge in [0.05, 0.1) is 5.69 Å². The Bertz CT molecular complexity index is 530. The van der Waals surface area contributed by atoms with Gasteiger partial charge in [-0.05, 0) is 12.1 Å². The van der Waals surface area contributed by atoms with E-state index in [2.05, 4.69) is 10.6 Å². The normalized spacial score (nSPS) is 11.1. The monoisotopic (exact) mass is 316 g/mol. The highest BCUT2D eigenvalue weighted by Crippen LogP contribution is 2.22. The van der Waals surface area contributed by atoms with Gasteiger partial charge in [0, 0.05) is 23.1 Å². The van der Waals surface area contributed by atoms with Gasteiger partial charge in [0.25, 0.3) is 0 Å². The van der Waals surface area contributed by atoms with Gasteiger partial charge in [-0.1, -0.05) is 20.8 Å². The molecule has 0 aliphatic rings. The molecule has 0 radical (unpaired) electrons. The number of carbonyl (C=O) groups excluding carboxylic acids is 2. The molecule has 2 amide bonds. The second-order valence-electron chi connectivity index (χ2n) is 5.30. The van der Waals surface area contributed by atoms with Crippen LogP contribution in [0.5, 0.6) is 0 Å². The number of amides is 2. The highest BCUT2D eigenvalue weighted by atomic mass is 32.2. The van der Waals surface area contributed by atoms with E-state index >= 15 is 0 Å². The number of benzene rings is 1. The first-order chi connectivity index (χ1) is 9.69. The minimum absolute atomic E-state index is 0.0736. The molecule has 0 bridgehead atoms. The fourth-order valence-electron chi connectivity index (χ4n) is 1.37. The molecule has 0 heterocycles. The number of rotatable bonds is 4. The predicted molar refractivity (Wildman–Crippen MR) is 80.2 cm³/mol. The third-order valence-corrected chi connectivity index (χ3v) is 3.58. The smallest absolute Gasteiger partial charge is 0.313 e. The van der Waals surface area contributed by atoms with Crippen molar-refractivity contribution >= 4 is 29.3 Å². The maximum atomic E-state index is 13.3. The van der Waals surface area contributed by atoms with Gasteiger partial charge >= 0.3 is 11.8 Å². The molecule has 116 valence electrons. The zero-order chi connectivity index (χ0) is 16.0. The van der Waals surface area contributed by atoms with Crippen molar-refractivity contribution in [3.63, 3.8) is 0 Å². The SMILES string of the molecule is CC(C)(C)SCCNC(=O)C(=O)Nc1ccc(F)cc1F. The zero-order valence-electron chi connectivity index (χ0n) is 12.1. The Balaban J connectivity index is 2.43. The maximum Gasteiger partial charge on any atom is 0.313 e. The van der Waals surface area contributed by atoms with Gasteiger partial charge in [-0.3, -0.25) is 9.59 Å². The Hall–Kier alpha value is -1.63. The van der Waals surface area contributed by atoms with Crippen molar-refractivity contribution in [2.75, 3.05) is 17.6 Å². The number of hydrogen-bond donors (Lipinski definition) is 2. The summed E-state index contributed by atoms with van der Waals surface area (Å²) in [6, 6.07) is 2.69. The third-order valence-electron chi connectivity index (χ3n) is 2.31. The summed E-state index contributed by atoms with van der Waals surface area (Å²) in [6.45, 7) is 6.47. The van der Waals surface area contributed by atoms with E-state index in [0.717, 1.165) is 12.1 Å². The molecule has 0 aliphatic heterocycles. The Kier molecular flexibility index (Phi) is 6.14. The Morgan fingerprint density at radius 2 is 1.86 bits per heavy atom. The van der Waals surface area contributed by atoms with Crippen molar-refractivity contribution in [2.45, 2.75) is 25.5 Å². The summed E-state index contributed by atoms with van der Waals surface area (Å²) in [5.74, 6) is -2.86. The first-order valence-corrected chi connectivity index (χ1v) is 7.36. The molecule has 0 aromatic heterocycles. The van der Waals surface area contributed by atoms with Crippen LogP contribution < -0.4 is 10.6 Å². The second kappa shape index (κ2) is 7.40. The summed E-state index contributed by atoms with van der Waals surface area (Å²) in [7, 11) is 0. The first-order valence-electron chi connectivity index (χ1n) is 6.37. The van der Waals surface area contributed by atoms with E-state index in [4.69, 9.17) is 0 Å². The minimum Gasteiger partial charge on any atom is -0.347 e. The molecule has 0 saturated carbocycles. The molecule has 1 aromatic carbocycles. The van der Waals surface area contributed by atoms with Crippen molar-refractivity contribution in [2.24, 2.45) is 0 Å². The molecular weight excluding hydrogens is 298 g/mol. The van der Waals surface area contributed by atoms with E-state index in [1.54, 1.807) is 11.8 Å². The molecule has 21 heavy (non-hydrogen) atoms. The van der Waals surface area contributed by atoms with E-state index in [-0.39, 0.29) is 10.4 Å². The summed E-state index contributed by atoms with van der Waals surface area (Å²) in [6.07, 6.45) is 0. The molecule has 4 nitrogen and oxygen atoms in total. The lowest BCUT2D eigenvalue weighted by Gasteiger charge is -2.17. The second-order valence-corrected chi connectivity index (χ2v) is 7.22. The standard InChI is InChI=1S/C14H18F2N2O2S/c1-14(2,3)21-7-6-17-12(19)13(20)18-11-5-4-9(15)8-10(11)16/h4-5,8H,6-7H2,1-3H3,(H,17,19)(H,18,20). The molecule has 0 atom stereocenters. The summed E-state index contributed by atoms with van der Waals surface area (Å²) >= 11 is 1.65. The fourth-order valence-corrected chi connectivity index (χ4v) is 2.19. The predicted octanol–water partition coefficient (Wildman–Crippen LogP) is 2.55. The van der Waals surface area contributed by atoms with Crippen molar-refractivity contribution in [3.05, 3.63) is 29.8 Å². The molecule has 7 heteroatoms. The van der Waals surface area contributed by atoms with Gasteiger partial charge < -0.3 is 10.6 Å². The Labute approximate surface area is 126 Å². The van der Waals surface area contributed by atoms with Crippen LogP contribution in [0.15, 0.2) is 18.2 Å². The van der Waals surface area contributed by atoms with E-state index in [1.165, 1.54) is 0 Å². The number of hydrogen-bond acceptors (Lipinski definition) is 3. The topological polar surface area (TPSA) is 58.2 Å². The van der Waals surface area contributed by atoms with Gasteiger partial charge in [-0.25, -0.2) is 8.78 Å².